The van der Waals surface area contributed by atoms with Gasteiger partial charge in [-0.1, -0.05) is 18.1 Å². The van der Waals surface area contributed by atoms with Gasteiger partial charge in [-0.2, -0.15) is 0 Å². The summed E-state index contributed by atoms with van der Waals surface area (Å²) in [6.45, 7) is 2.82. The molecule has 8 heteroatoms. The molecule has 2 heterocycles. The molecular formula is C18H23N3O4S. The van der Waals surface area contributed by atoms with Crippen molar-refractivity contribution >= 4 is 15.9 Å². The van der Waals surface area contributed by atoms with Crippen LogP contribution >= 0.6 is 0 Å². The van der Waals surface area contributed by atoms with E-state index in [1.807, 2.05) is 4.90 Å². The average Bonchev–Trinajstić information content (AvgIpc) is 3.20. The number of nitrogens with one attached hydrogen (secondary N) is 1. The molecule has 1 aliphatic heterocycles. The number of carbonyl (C=O) groups is 1. The molecule has 1 amide bonds. The molecule has 140 valence electrons. The number of hydrogen-bond acceptors (Lipinski definition) is 5. The van der Waals surface area contributed by atoms with Crippen LogP contribution in [0.1, 0.15) is 48.7 Å². The topological polar surface area (TPSA) is 92.5 Å². The van der Waals surface area contributed by atoms with E-state index in [1.54, 1.807) is 18.2 Å². The zero-order valence-corrected chi connectivity index (χ0v) is 15.5. The number of hydrogen-bond donors (Lipinski definition) is 1. The summed E-state index contributed by atoms with van der Waals surface area (Å²) in [5.74, 6) is -0.106. The van der Waals surface area contributed by atoms with Gasteiger partial charge in [0, 0.05) is 24.2 Å². The van der Waals surface area contributed by atoms with Crippen LogP contribution in [0.5, 0.6) is 0 Å². The Morgan fingerprint density at radius 3 is 2.92 bits per heavy atom. The van der Waals surface area contributed by atoms with Gasteiger partial charge in [0.2, 0.25) is 10.0 Å². The van der Waals surface area contributed by atoms with Crippen molar-refractivity contribution in [1.29, 1.82) is 0 Å². The van der Waals surface area contributed by atoms with Gasteiger partial charge in [-0.3, -0.25) is 4.79 Å². The zero-order valence-electron chi connectivity index (χ0n) is 14.7. The molecule has 1 saturated heterocycles. The number of rotatable bonds is 6. The lowest BCUT2D eigenvalue weighted by atomic mass is 9.99. The molecular weight excluding hydrogens is 354 g/mol. The van der Waals surface area contributed by atoms with Crippen molar-refractivity contribution in [2.75, 3.05) is 6.54 Å². The lowest BCUT2D eigenvalue weighted by Gasteiger charge is -2.35. The minimum atomic E-state index is -3.74. The van der Waals surface area contributed by atoms with Crippen LogP contribution in [0.15, 0.2) is 46.0 Å². The van der Waals surface area contributed by atoms with Crippen LogP contribution in [0.4, 0.5) is 0 Å². The monoisotopic (exact) mass is 377 g/mol. The van der Waals surface area contributed by atoms with Gasteiger partial charge in [-0.25, -0.2) is 13.1 Å². The second kappa shape index (κ2) is 8.01. The first-order chi connectivity index (χ1) is 12.5. The van der Waals surface area contributed by atoms with Crippen LogP contribution in [-0.4, -0.2) is 37.0 Å². The summed E-state index contributed by atoms with van der Waals surface area (Å²) in [5, 5.41) is 3.67. The van der Waals surface area contributed by atoms with E-state index in [0.29, 0.717) is 11.3 Å². The highest BCUT2D eigenvalue weighted by atomic mass is 32.2. The Kier molecular flexibility index (Phi) is 5.73. The Morgan fingerprint density at radius 1 is 1.35 bits per heavy atom. The molecule has 0 radical (unpaired) electrons. The van der Waals surface area contributed by atoms with Crippen LogP contribution in [0, 0.1) is 0 Å². The molecule has 1 aliphatic rings. The number of sulfonamides is 1. The van der Waals surface area contributed by atoms with Gasteiger partial charge in [0.15, 0.2) is 0 Å². The maximum Gasteiger partial charge on any atom is 0.254 e. The molecule has 2 aromatic rings. The zero-order chi connectivity index (χ0) is 18.6. The molecule has 0 spiro atoms. The van der Waals surface area contributed by atoms with E-state index < -0.39 is 10.0 Å². The minimum Gasteiger partial charge on any atom is -0.364 e. The SMILES string of the molecule is CC[C@@H]1CCCCN1C(=O)c1cccc(S(=O)(=O)NCc2ccon2)c1. The first kappa shape index (κ1) is 18.6. The van der Waals surface area contributed by atoms with E-state index in [2.05, 4.69) is 21.3 Å². The number of aromatic nitrogens is 1. The Bertz CT molecular complexity index is 849. The van der Waals surface area contributed by atoms with Gasteiger partial charge in [0.05, 0.1) is 17.1 Å². The summed E-state index contributed by atoms with van der Waals surface area (Å²) in [5.41, 5.74) is 0.884. The van der Waals surface area contributed by atoms with Crippen molar-refractivity contribution in [2.45, 2.75) is 50.1 Å². The Labute approximate surface area is 153 Å². The van der Waals surface area contributed by atoms with Crippen LogP contribution in [-0.2, 0) is 16.6 Å². The van der Waals surface area contributed by atoms with E-state index in [4.69, 9.17) is 0 Å². The van der Waals surface area contributed by atoms with Crippen molar-refractivity contribution in [2.24, 2.45) is 0 Å². The molecule has 7 nitrogen and oxygen atoms in total. The molecule has 1 N–H and O–H groups in total. The molecule has 1 aromatic heterocycles. The average molecular weight is 377 g/mol. The van der Waals surface area contributed by atoms with Gasteiger partial charge in [-0.15, -0.1) is 0 Å². The molecule has 1 fully saturated rings. The quantitative estimate of drug-likeness (QED) is 0.835. The second-order valence-electron chi connectivity index (χ2n) is 6.40. The Balaban J connectivity index is 1.77. The number of likely N-dealkylation sites (tertiary alicyclic amines) is 1. The normalized spacial score (nSPS) is 18.0. The van der Waals surface area contributed by atoms with Crippen LogP contribution < -0.4 is 4.72 Å². The van der Waals surface area contributed by atoms with Crippen molar-refractivity contribution in [1.82, 2.24) is 14.8 Å². The molecule has 3 rings (SSSR count). The number of benzene rings is 1. The summed E-state index contributed by atoms with van der Waals surface area (Å²) >= 11 is 0. The second-order valence-corrected chi connectivity index (χ2v) is 8.17. The highest BCUT2D eigenvalue weighted by Crippen LogP contribution is 2.22. The molecule has 0 bridgehead atoms. The third kappa shape index (κ3) is 4.13. The third-order valence-corrected chi connectivity index (χ3v) is 6.08. The molecule has 1 atom stereocenters. The smallest absolute Gasteiger partial charge is 0.254 e. The van der Waals surface area contributed by atoms with E-state index in [1.165, 1.54) is 18.4 Å². The van der Waals surface area contributed by atoms with Crippen LogP contribution in [0.2, 0.25) is 0 Å². The van der Waals surface area contributed by atoms with Crippen molar-refractivity contribution in [3.63, 3.8) is 0 Å². The maximum atomic E-state index is 12.9. The largest absolute Gasteiger partial charge is 0.364 e. The fourth-order valence-corrected chi connectivity index (χ4v) is 4.28. The van der Waals surface area contributed by atoms with E-state index >= 15 is 0 Å². The summed E-state index contributed by atoms with van der Waals surface area (Å²) < 4.78 is 32.2. The fraction of sp³-hybridized carbons (Fsp3) is 0.444. The molecule has 0 aliphatic carbocycles. The van der Waals surface area contributed by atoms with Crippen molar-refractivity contribution in [3.8, 4) is 0 Å². The van der Waals surface area contributed by atoms with E-state index in [-0.39, 0.29) is 23.4 Å². The van der Waals surface area contributed by atoms with E-state index in [0.717, 1.165) is 32.2 Å². The number of amides is 1. The van der Waals surface area contributed by atoms with Crippen molar-refractivity contribution in [3.05, 3.63) is 47.9 Å². The Hall–Kier alpha value is -2.19. The highest BCUT2D eigenvalue weighted by Gasteiger charge is 2.27. The number of piperidine rings is 1. The van der Waals surface area contributed by atoms with Crippen molar-refractivity contribution < 1.29 is 17.7 Å². The summed E-state index contributed by atoms with van der Waals surface area (Å²) in [7, 11) is -3.74. The highest BCUT2D eigenvalue weighted by molar-refractivity contribution is 7.89. The summed E-state index contributed by atoms with van der Waals surface area (Å²) in [6, 6.07) is 8.00. The summed E-state index contributed by atoms with van der Waals surface area (Å²) in [6.07, 6.45) is 5.40. The number of nitrogens with zero attached hydrogens (tertiary/aromatic N) is 2. The first-order valence-corrected chi connectivity index (χ1v) is 10.3. The minimum absolute atomic E-state index is 0.0288. The predicted octanol–water partition coefficient (Wildman–Crippen LogP) is 2.56. The van der Waals surface area contributed by atoms with Gasteiger partial charge < -0.3 is 9.42 Å². The maximum absolute atomic E-state index is 12.9. The summed E-state index contributed by atoms with van der Waals surface area (Å²) in [4.78, 5) is 14.8. The standard InChI is InChI=1S/C18H23N3O4S/c1-2-16-7-3-4-10-21(16)18(22)14-6-5-8-17(12-14)26(23,24)19-13-15-9-11-25-20-15/h5-6,8-9,11-12,16,19H,2-4,7,10,13H2,1H3/t16-/m1/s1. The van der Waals surface area contributed by atoms with E-state index in [9.17, 15) is 13.2 Å². The molecule has 0 saturated carbocycles. The molecule has 1 aromatic carbocycles. The Morgan fingerprint density at radius 2 is 2.19 bits per heavy atom. The van der Waals surface area contributed by atoms with Gasteiger partial charge in [-0.05, 0) is 43.9 Å². The van der Waals surface area contributed by atoms with Gasteiger partial charge in [0.25, 0.3) is 5.91 Å². The van der Waals surface area contributed by atoms with Gasteiger partial charge >= 0.3 is 0 Å². The lowest BCUT2D eigenvalue weighted by molar-refractivity contribution is 0.0608. The van der Waals surface area contributed by atoms with Crippen LogP contribution in [0.3, 0.4) is 0 Å². The third-order valence-electron chi connectivity index (χ3n) is 4.69. The fourth-order valence-electron chi connectivity index (χ4n) is 3.24. The first-order valence-electron chi connectivity index (χ1n) is 8.81. The van der Waals surface area contributed by atoms with Gasteiger partial charge in [0.1, 0.15) is 6.26 Å². The molecule has 26 heavy (non-hydrogen) atoms. The molecule has 0 unspecified atom stereocenters. The number of carbonyl (C=O) groups excluding carboxylic acids is 1. The predicted molar refractivity (Wildman–Crippen MR) is 95.9 cm³/mol. The lowest BCUT2D eigenvalue weighted by Crippen LogP contribution is -2.43. The van der Waals surface area contributed by atoms with Crippen LogP contribution in [0.25, 0.3) is 0 Å².